The minimum atomic E-state index is -0.0756. The third-order valence-corrected chi connectivity index (χ3v) is 7.00. The van der Waals surface area contributed by atoms with Gasteiger partial charge in [-0.15, -0.1) is 10.2 Å². The van der Waals surface area contributed by atoms with Crippen LogP contribution < -0.4 is 19.5 Å². The van der Waals surface area contributed by atoms with Crippen molar-refractivity contribution in [3.05, 3.63) is 48.0 Å². The minimum Gasteiger partial charge on any atom is -0.497 e. The Balaban J connectivity index is 1.17. The van der Waals surface area contributed by atoms with Crippen molar-refractivity contribution in [2.24, 2.45) is 0 Å². The Kier molecular flexibility index (Phi) is 7.39. The molecule has 3 heterocycles. The van der Waals surface area contributed by atoms with E-state index in [0.29, 0.717) is 29.2 Å². The van der Waals surface area contributed by atoms with Gasteiger partial charge < -0.3 is 23.9 Å². The molecule has 2 aliphatic heterocycles. The maximum absolute atomic E-state index is 12.6. The summed E-state index contributed by atoms with van der Waals surface area (Å²) in [6.45, 7) is 2.81. The summed E-state index contributed by atoms with van der Waals surface area (Å²) in [6.07, 6.45) is 3.62. The number of hydrogen-bond acceptors (Lipinski definition) is 9. The zero-order chi connectivity index (χ0) is 24.0. The van der Waals surface area contributed by atoms with Gasteiger partial charge in [0.2, 0.25) is 18.6 Å². The average Bonchev–Trinajstić information content (AvgIpc) is 3.58. The number of methoxy groups -OCH3 is 1. The Morgan fingerprint density at radius 3 is 2.69 bits per heavy atom. The number of rotatable bonds is 9. The smallest absolute Gasteiger partial charge is 0.277 e. The molecule has 0 bridgehead atoms. The number of nitrogens with zero attached hydrogens (tertiary/aromatic N) is 3. The van der Waals surface area contributed by atoms with E-state index in [1.54, 1.807) is 13.2 Å². The number of carbonyl (C=O) groups excluding carboxylic acids is 1. The number of ether oxygens (including phenoxy) is 3. The van der Waals surface area contributed by atoms with Crippen molar-refractivity contribution in [1.29, 1.82) is 0 Å². The first-order valence-electron chi connectivity index (χ1n) is 11.7. The van der Waals surface area contributed by atoms with Crippen molar-refractivity contribution in [3.63, 3.8) is 0 Å². The lowest BCUT2D eigenvalue weighted by Crippen LogP contribution is -2.41. The molecule has 5 rings (SSSR count). The van der Waals surface area contributed by atoms with Crippen molar-refractivity contribution in [2.45, 2.75) is 30.5 Å². The van der Waals surface area contributed by atoms with Crippen LogP contribution in [0.5, 0.6) is 17.2 Å². The van der Waals surface area contributed by atoms with E-state index in [4.69, 9.17) is 18.6 Å². The fourth-order valence-electron chi connectivity index (χ4n) is 4.32. The molecule has 1 N–H and O–H groups in total. The molecule has 1 fully saturated rings. The molecule has 0 radical (unpaired) electrons. The van der Waals surface area contributed by atoms with E-state index < -0.39 is 0 Å². The second-order valence-corrected chi connectivity index (χ2v) is 9.35. The number of aromatic nitrogens is 2. The Morgan fingerprint density at radius 1 is 1.09 bits per heavy atom. The quantitative estimate of drug-likeness (QED) is 0.442. The van der Waals surface area contributed by atoms with Crippen molar-refractivity contribution in [3.8, 4) is 28.7 Å². The molecule has 2 aliphatic rings. The molecule has 1 atom stereocenters. The van der Waals surface area contributed by atoms with Crippen LogP contribution in [0.15, 0.2) is 52.1 Å². The topological polar surface area (TPSA) is 99.0 Å². The minimum absolute atomic E-state index is 0.0756. The summed E-state index contributed by atoms with van der Waals surface area (Å²) in [5.41, 5.74) is 1.91. The van der Waals surface area contributed by atoms with E-state index in [2.05, 4.69) is 32.5 Å². The number of carbonyl (C=O) groups is 1. The summed E-state index contributed by atoms with van der Waals surface area (Å²) in [4.78, 5) is 15.1. The van der Waals surface area contributed by atoms with Gasteiger partial charge in [-0.25, -0.2) is 0 Å². The van der Waals surface area contributed by atoms with E-state index in [9.17, 15) is 4.79 Å². The van der Waals surface area contributed by atoms with Crippen LogP contribution in [0.1, 0.15) is 30.9 Å². The molecule has 0 spiro atoms. The molecule has 9 nitrogen and oxygen atoms in total. The fourth-order valence-corrected chi connectivity index (χ4v) is 4.91. The summed E-state index contributed by atoms with van der Waals surface area (Å²) < 4.78 is 21.8. The van der Waals surface area contributed by atoms with Crippen LogP contribution in [0.2, 0.25) is 0 Å². The lowest BCUT2D eigenvalue weighted by molar-refractivity contribution is -0.118. The number of fused-ring (bicyclic) bond motifs is 1. The number of piperidine rings is 1. The SMILES string of the molecule is COc1ccc([C@H](CNC(=O)CSc2nnc(-c3ccc4c(c3)OCO4)o2)N2CCCCC2)cc1. The highest BCUT2D eigenvalue weighted by molar-refractivity contribution is 7.99. The Bertz CT molecular complexity index is 1150. The fraction of sp³-hybridized carbons (Fsp3) is 0.400. The number of nitrogens with one attached hydrogen (secondary N) is 1. The predicted molar refractivity (Wildman–Crippen MR) is 131 cm³/mol. The lowest BCUT2D eigenvalue weighted by Gasteiger charge is -2.35. The summed E-state index contributed by atoms with van der Waals surface area (Å²) in [6, 6.07) is 13.7. The van der Waals surface area contributed by atoms with Crippen LogP contribution in [0.3, 0.4) is 0 Å². The van der Waals surface area contributed by atoms with Crippen LogP contribution in [-0.4, -0.2) is 60.3 Å². The monoisotopic (exact) mass is 496 g/mol. The molecule has 184 valence electrons. The Hall–Kier alpha value is -3.24. The maximum Gasteiger partial charge on any atom is 0.277 e. The molecule has 2 aromatic carbocycles. The van der Waals surface area contributed by atoms with Crippen LogP contribution >= 0.6 is 11.8 Å². The highest BCUT2D eigenvalue weighted by atomic mass is 32.2. The van der Waals surface area contributed by atoms with Gasteiger partial charge in [-0.05, 0) is 61.8 Å². The van der Waals surface area contributed by atoms with Gasteiger partial charge in [0.05, 0.1) is 18.9 Å². The molecule has 0 aliphatic carbocycles. The lowest BCUT2D eigenvalue weighted by atomic mass is 10.0. The van der Waals surface area contributed by atoms with Crippen LogP contribution in [0.25, 0.3) is 11.5 Å². The summed E-state index contributed by atoms with van der Waals surface area (Å²) >= 11 is 1.22. The summed E-state index contributed by atoms with van der Waals surface area (Å²) in [5, 5.41) is 11.6. The standard InChI is InChI=1S/C25H28N4O5S/c1-31-19-8-5-17(6-9-19)20(29-11-3-2-4-12-29)14-26-23(30)15-35-25-28-27-24(34-25)18-7-10-21-22(13-18)33-16-32-21/h5-10,13,20H,2-4,11-12,14-16H2,1H3,(H,26,30)/t20-/m0/s1. The van der Waals surface area contributed by atoms with Crippen LogP contribution in [-0.2, 0) is 4.79 Å². The van der Waals surface area contributed by atoms with Crippen LogP contribution in [0, 0.1) is 0 Å². The average molecular weight is 497 g/mol. The number of benzene rings is 2. The number of amides is 1. The zero-order valence-corrected chi connectivity index (χ0v) is 20.4. The van der Waals surface area contributed by atoms with Gasteiger partial charge in [0.25, 0.3) is 5.22 Å². The first-order chi connectivity index (χ1) is 17.2. The van der Waals surface area contributed by atoms with E-state index >= 15 is 0 Å². The van der Waals surface area contributed by atoms with Crippen molar-refractivity contribution in [1.82, 2.24) is 20.4 Å². The molecular weight excluding hydrogens is 468 g/mol. The van der Waals surface area contributed by atoms with Gasteiger partial charge in [-0.1, -0.05) is 30.3 Å². The van der Waals surface area contributed by atoms with Crippen molar-refractivity contribution < 1.29 is 23.4 Å². The molecule has 0 unspecified atom stereocenters. The summed E-state index contributed by atoms with van der Waals surface area (Å²) in [7, 11) is 1.66. The van der Waals surface area contributed by atoms with Gasteiger partial charge in [-0.3, -0.25) is 9.69 Å². The highest BCUT2D eigenvalue weighted by Gasteiger charge is 2.23. The van der Waals surface area contributed by atoms with E-state index in [1.807, 2.05) is 24.3 Å². The second kappa shape index (κ2) is 11.0. The van der Waals surface area contributed by atoms with Gasteiger partial charge >= 0.3 is 0 Å². The Labute approximate surface area is 208 Å². The molecule has 1 amide bonds. The van der Waals surface area contributed by atoms with Crippen molar-refractivity contribution in [2.75, 3.05) is 39.3 Å². The van der Waals surface area contributed by atoms with Gasteiger partial charge in [0.15, 0.2) is 11.5 Å². The van der Waals surface area contributed by atoms with E-state index in [0.717, 1.165) is 24.4 Å². The van der Waals surface area contributed by atoms with Gasteiger partial charge in [0, 0.05) is 12.1 Å². The molecule has 1 aromatic heterocycles. The largest absolute Gasteiger partial charge is 0.497 e. The number of hydrogen-bond donors (Lipinski definition) is 1. The van der Waals surface area contributed by atoms with Crippen LogP contribution in [0.4, 0.5) is 0 Å². The molecule has 0 saturated carbocycles. The third-order valence-electron chi connectivity index (χ3n) is 6.18. The van der Waals surface area contributed by atoms with E-state index in [1.165, 1.54) is 36.6 Å². The van der Waals surface area contributed by atoms with Crippen molar-refractivity contribution >= 4 is 17.7 Å². The molecule has 3 aromatic rings. The predicted octanol–water partition coefficient (Wildman–Crippen LogP) is 3.91. The highest BCUT2D eigenvalue weighted by Crippen LogP contribution is 2.36. The third kappa shape index (κ3) is 5.71. The molecule has 10 heteroatoms. The summed E-state index contributed by atoms with van der Waals surface area (Å²) in [5.74, 6) is 2.65. The molecular formula is C25H28N4O5S. The van der Waals surface area contributed by atoms with Gasteiger partial charge in [0.1, 0.15) is 5.75 Å². The maximum atomic E-state index is 12.6. The number of thioether (sulfide) groups is 1. The first-order valence-corrected chi connectivity index (χ1v) is 12.7. The zero-order valence-electron chi connectivity index (χ0n) is 19.6. The van der Waals surface area contributed by atoms with E-state index in [-0.39, 0.29) is 24.5 Å². The number of likely N-dealkylation sites (tertiary alicyclic amines) is 1. The second-order valence-electron chi connectivity index (χ2n) is 8.42. The first kappa shape index (κ1) is 23.5. The molecule has 35 heavy (non-hydrogen) atoms. The van der Waals surface area contributed by atoms with Gasteiger partial charge in [-0.2, -0.15) is 0 Å². The normalized spacial score (nSPS) is 16.1. The Morgan fingerprint density at radius 2 is 1.89 bits per heavy atom. The molecule has 1 saturated heterocycles.